The molecular formula is C31H18ClN5O. The smallest absolute Gasteiger partial charge is 0.191 e. The van der Waals surface area contributed by atoms with Crippen molar-refractivity contribution in [3.05, 3.63) is 115 Å². The number of aromatic nitrogens is 5. The predicted molar refractivity (Wildman–Crippen MR) is 149 cm³/mol. The molecule has 7 rings (SSSR count). The molecule has 3 aromatic heterocycles. The molecule has 0 saturated heterocycles. The van der Waals surface area contributed by atoms with Crippen LogP contribution in [0.5, 0.6) is 0 Å². The third kappa shape index (κ3) is 3.97. The van der Waals surface area contributed by atoms with Crippen molar-refractivity contribution in [2.75, 3.05) is 0 Å². The molecule has 4 aromatic carbocycles. The summed E-state index contributed by atoms with van der Waals surface area (Å²) in [6.45, 7) is 0. The van der Waals surface area contributed by atoms with Gasteiger partial charge in [0.2, 0.25) is 0 Å². The number of nitrogens with zero attached hydrogens (tertiary/aromatic N) is 5. The first-order valence-electron chi connectivity index (χ1n) is 12.0. The molecular weight excluding hydrogens is 494 g/mol. The number of hydrogen-bond acceptors (Lipinski definition) is 6. The second-order valence-corrected chi connectivity index (χ2v) is 9.13. The summed E-state index contributed by atoms with van der Waals surface area (Å²) in [6.07, 6.45) is 1.44. The second kappa shape index (κ2) is 9.18. The fourth-order valence-corrected chi connectivity index (χ4v) is 4.67. The van der Waals surface area contributed by atoms with E-state index in [1.807, 2.05) is 91.0 Å². The number of halogens is 1. The van der Waals surface area contributed by atoms with Gasteiger partial charge in [-0.25, -0.2) is 24.9 Å². The molecule has 0 aliphatic heterocycles. The Morgan fingerprint density at radius 3 is 1.79 bits per heavy atom. The lowest BCUT2D eigenvalue weighted by molar-refractivity contribution is 0.666. The van der Waals surface area contributed by atoms with E-state index in [2.05, 4.69) is 22.1 Å². The lowest BCUT2D eigenvalue weighted by Crippen LogP contribution is -2.00. The van der Waals surface area contributed by atoms with Crippen LogP contribution in [0, 0.1) is 0 Å². The highest BCUT2D eigenvalue weighted by molar-refractivity contribution is 6.34. The van der Waals surface area contributed by atoms with Gasteiger partial charge in [-0.1, -0.05) is 96.5 Å². The van der Waals surface area contributed by atoms with Crippen molar-refractivity contribution in [2.24, 2.45) is 0 Å². The summed E-state index contributed by atoms with van der Waals surface area (Å²) in [7, 11) is 0. The Kier molecular flexibility index (Phi) is 5.38. The fourth-order valence-electron chi connectivity index (χ4n) is 4.50. The number of fused-ring (bicyclic) bond motifs is 3. The van der Waals surface area contributed by atoms with Crippen LogP contribution < -0.4 is 0 Å². The van der Waals surface area contributed by atoms with Crippen molar-refractivity contribution in [3.8, 4) is 45.3 Å². The van der Waals surface area contributed by atoms with Crippen LogP contribution in [-0.2, 0) is 0 Å². The van der Waals surface area contributed by atoms with Crippen LogP contribution in [0.3, 0.4) is 0 Å². The fraction of sp³-hybridized carbons (Fsp3) is 0. The van der Waals surface area contributed by atoms with Crippen molar-refractivity contribution in [2.45, 2.75) is 0 Å². The van der Waals surface area contributed by atoms with Gasteiger partial charge in [0, 0.05) is 22.1 Å². The first-order chi connectivity index (χ1) is 18.7. The zero-order chi connectivity index (χ0) is 25.5. The van der Waals surface area contributed by atoms with Gasteiger partial charge in [0.25, 0.3) is 0 Å². The summed E-state index contributed by atoms with van der Waals surface area (Å²) >= 11 is 6.22. The maximum absolute atomic E-state index is 6.22. The monoisotopic (exact) mass is 511 g/mol. The van der Waals surface area contributed by atoms with E-state index in [9.17, 15) is 0 Å². The molecule has 3 heterocycles. The predicted octanol–water partition coefficient (Wildman–Crippen LogP) is 7.88. The van der Waals surface area contributed by atoms with Crippen molar-refractivity contribution in [1.82, 2.24) is 24.9 Å². The average Bonchev–Trinajstić information content (AvgIpc) is 3.37. The van der Waals surface area contributed by atoms with Crippen LogP contribution >= 0.6 is 11.6 Å². The minimum absolute atomic E-state index is 0.299. The molecule has 0 amide bonds. The largest absolute Gasteiger partial charge is 0.451 e. The molecule has 180 valence electrons. The molecule has 0 N–H and O–H groups in total. The standard InChI is InChI=1S/C31H18ClN5O/c32-28-27-26(33-18-34-28)24-15-14-22(17-25(24)38-27)21-12-7-13-23(16-21)31-36-29(19-8-3-1-4-9-19)35-30(37-31)20-10-5-2-6-11-20/h1-18H. The molecule has 7 heteroatoms. The normalized spacial score (nSPS) is 11.3. The van der Waals surface area contributed by atoms with Crippen LogP contribution in [0.2, 0.25) is 5.15 Å². The van der Waals surface area contributed by atoms with Crippen molar-refractivity contribution < 1.29 is 4.42 Å². The molecule has 0 spiro atoms. The molecule has 38 heavy (non-hydrogen) atoms. The maximum Gasteiger partial charge on any atom is 0.191 e. The Balaban J connectivity index is 1.35. The Labute approximate surface area is 222 Å². The van der Waals surface area contributed by atoms with E-state index in [0.717, 1.165) is 33.2 Å². The molecule has 0 aliphatic carbocycles. The maximum atomic E-state index is 6.22. The van der Waals surface area contributed by atoms with Crippen molar-refractivity contribution in [3.63, 3.8) is 0 Å². The van der Waals surface area contributed by atoms with E-state index in [0.29, 0.717) is 39.3 Å². The minimum atomic E-state index is 0.299. The van der Waals surface area contributed by atoms with Gasteiger partial charge in [-0.15, -0.1) is 0 Å². The molecule has 0 unspecified atom stereocenters. The van der Waals surface area contributed by atoms with E-state index in [4.69, 9.17) is 31.0 Å². The number of hydrogen-bond donors (Lipinski definition) is 0. The minimum Gasteiger partial charge on any atom is -0.451 e. The van der Waals surface area contributed by atoms with Crippen LogP contribution in [-0.4, -0.2) is 24.9 Å². The Morgan fingerprint density at radius 1 is 0.526 bits per heavy atom. The topological polar surface area (TPSA) is 77.6 Å². The summed E-state index contributed by atoms with van der Waals surface area (Å²) in [5.74, 6) is 1.86. The van der Waals surface area contributed by atoms with Crippen LogP contribution in [0.4, 0.5) is 0 Å². The highest BCUT2D eigenvalue weighted by Crippen LogP contribution is 2.34. The van der Waals surface area contributed by atoms with E-state index < -0.39 is 0 Å². The highest BCUT2D eigenvalue weighted by Gasteiger charge is 2.15. The van der Waals surface area contributed by atoms with Gasteiger partial charge in [-0.2, -0.15) is 0 Å². The highest BCUT2D eigenvalue weighted by atomic mass is 35.5. The zero-order valence-electron chi connectivity index (χ0n) is 19.9. The Morgan fingerprint density at radius 2 is 1.11 bits per heavy atom. The number of furan rings is 1. The molecule has 7 aromatic rings. The summed E-state index contributed by atoms with van der Waals surface area (Å²) in [4.78, 5) is 22.9. The van der Waals surface area contributed by atoms with Gasteiger partial charge in [-0.05, 0) is 29.3 Å². The first kappa shape index (κ1) is 22.3. The summed E-state index contributed by atoms with van der Waals surface area (Å²) in [6, 6.07) is 34.1. The third-order valence-electron chi connectivity index (χ3n) is 6.36. The van der Waals surface area contributed by atoms with E-state index in [1.54, 1.807) is 0 Å². The SMILES string of the molecule is Clc1ncnc2c1oc1cc(-c3cccc(-c4nc(-c5ccccc5)nc(-c5ccccc5)n4)c3)ccc12. The summed E-state index contributed by atoms with van der Waals surface area (Å²) in [5, 5.41) is 1.19. The van der Waals surface area contributed by atoms with Gasteiger partial charge >= 0.3 is 0 Å². The Bertz CT molecular complexity index is 1880. The quantitative estimate of drug-likeness (QED) is 0.224. The molecule has 6 nitrogen and oxygen atoms in total. The van der Waals surface area contributed by atoms with Crippen molar-refractivity contribution >= 4 is 33.7 Å². The van der Waals surface area contributed by atoms with Gasteiger partial charge in [0.1, 0.15) is 17.4 Å². The third-order valence-corrected chi connectivity index (χ3v) is 6.63. The zero-order valence-corrected chi connectivity index (χ0v) is 20.7. The number of benzene rings is 4. The van der Waals surface area contributed by atoms with Gasteiger partial charge in [0.15, 0.2) is 28.2 Å². The molecule has 0 aliphatic rings. The van der Waals surface area contributed by atoms with Crippen molar-refractivity contribution in [1.29, 1.82) is 0 Å². The summed E-state index contributed by atoms with van der Waals surface area (Å²) in [5.41, 5.74) is 6.63. The molecule has 0 fully saturated rings. The molecule has 0 saturated carbocycles. The first-order valence-corrected chi connectivity index (χ1v) is 12.4. The van der Waals surface area contributed by atoms with Crippen LogP contribution in [0.15, 0.2) is 114 Å². The Hall–Kier alpha value is -4.94. The second-order valence-electron chi connectivity index (χ2n) is 8.77. The van der Waals surface area contributed by atoms with Crippen LogP contribution in [0.1, 0.15) is 0 Å². The summed E-state index contributed by atoms with van der Waals surface area (Å²) < 4.78 is 6.00. The number of rotatable bonds is 4. The van der Waals surface area contributed by atoms with Gasteiger partial charge < -0.3 is 4.42 Å². The van der Waals surface area contributed by atoms with E-state index in [1.165, 1.54) is 6.33 Å². The molecule has 0 radical (unpaired) electrons. The van der Waals surface area contributed by atoms with Crippen LogP contribution in [0.25, 0.3) is 67.4 Å². The average molecular weight is 512 g/mol. The molecule has 0 bridgehead atoms. The van der Waals surface area contributed by atoms with E-state index in [-0.39, 0.29) is 0 Å². The molecule has 0 atom stereocenters. The lowest BCUT2D eigenvalue weighted by atomic mass is 10.0. The van der Waals surface area contributed by atoms with Gasteiger partial charge in [0.05, 0.1) is 0 Å². The van der Waals surface area contributed by atoms with Gasteiger partial charge in [-0.3, -0.25) is 0 Å². The lowest BCUT2D eigenvalue weighted by Gasteiger charge is -2.09. The van der Waals surface area contributed by atoms with E-state index >= 15 is 0 Å².